The topological polar surface area (TPSA) is 130 Å². The van der Waals surface area contributed by atoms with E-state index in [1.807, 2.05) is 0 Å². The van der Waals surface area contributed by atoms with E-state index in [2.05, 4.69) is 0 Å². The predicted octanol–water partition coefficient (Wildman–Crippen LogP) is 1.99. The van der Waals surface area contributed by atoms with Gasteiger partial charge in [-0.1, -0.05) is 12.1 Å². The highest BCUT2D eigenvalue weighted by Gasteiger charge is 2.43. The molecule has 0 radical (unpaired) electrons. The largest absolute Gasteiger partial charge is 0.508 e. The molecule has 1 aliphatic heterocycles. The summed E-state index contributed by atoms with van der Waals surface area (Å²) in [6.07, 6.45) is -4.69. The van der Waals surface area contributed by atoms with E-state index in [4.69, 9.17) is 13.9 Å². The second kappa shape index (κ2) is 7.97. The van der Waals surface area contributed by atoms with Crippen LogP contribution in [0.5, 0.6) is 11.5 Å². The number of hydrogen-bond acceptors (Lipinski definition) is 8. The van der Waals surface area contributed by atoms with E-state index in [0.29, 0.717) is 39.0 Å². The average Bonchev–Trinajstić information content (AvgIpc) is 2.75. The monoisotopic (exact) mass is 428 g/mol. The van der Waals surface area contributed by atoms with Crippen LogP contribution in [0.25, 0.3) is 22.1 Å². The molecule has 0 amide bonds. The number of hydrogen-bond donors (Lipinski definition) is 4. The molecule has 4 N–H and O–H groups in total. The molecule has 8 nitrogen and oxygen atoms in total. The maximum Gasteiger partial charge on any atom is 0.229 e. The lowest BCUT2D eigenvalue weighted by Crippen LogP contribution is -2.58. The Labute approximate surface area is 177 Å². The van der Waals surface area contributed by atoms with Gasteiger partial charge < -0.3 is 34.3 Å². The van der Waals surface area contributed by atoms with Gasteiger partial charge in [0.05, 0.1) is 17.1 Å². The molecule has 164 valence electrons. The zero-order valence-corrected chi connectivity index (χ0v) is 17.3. The Morgan fingerprint density at radius 1 is 0.968 bits per heavy atom. The number of rotatable bonds is 3. The highest BCUT2D eigenvalue weighted by Crippen LogP contribution is 2.33. The first-order chi connectivity index (χ1) is 14.7. The van der Waals surface area contributed by atoms with Gasteiger partial charge in [-0.05, 0) is 49.6 Å². The lowest BCUT2D eigenvalue weighted by atomic mass is 9.99. The third-order valence-electron chi connectivity index (χ3n) is 5.82. The summed E-state index contributed by atoms with van der Waals surface area (Å²) in [6.45, 7) is 5.10. The van der Waals surface area contributed by atoms with Crippen LogP contribution < -0.4 is 10.2 Å². The van der Waals surface area contributed by atoms with Gasteiger partial charge in [0.1, 0.15) is 41.7 Å². The second-order valence-corrected chi connectivity index (χ2v) is 7.82. The van der Waals surface area contributed by atoms with Crippen LogP contribution in [0, 0.1) is 13.8 Å². The van der Waals surface area contributed by atoms with Crippen LogP contribution in [-0.2, 0) is 4.74 Å². The first-order valence-electron chi connectivity index (χ1n) is 9.90. The number of aliphatic hydroxyl groups is 3. The van der Waals surface area contributed by atoms with Crippen molar-refractivity contribution in [1.82, 2.24) is 0 Å². The number of ether oxygens (including phenoxy) is 2. The highest BCUT2D eigenvalue weighted by atomic mass is 16.7. The molecule has 1 aliphatic rings. The standard InChI is InChI=1S/C23H24O8/c1-10-11(2)18-17(29-9-15(20(18)26)13-4-6-14(24)7-5-13)8-16(10)31-23-22(28)21(27)19(25)12(3)30-23/h4-9,12,19,21-25,27-28H,1-3H3. The van der Waals surface area contributed by atoms with Crippen molar-refractivity contribution in [2.24, 2.45) is 0 Å². The molecule has 2 aromatic carbocycles. The fourth-order valence-electron chi connectivity index (χ4n) is 3.74. The van der Waals surface area contributed by atoms with Crippen molar-refractivity contribution in [2.45, 2.75) is 51.5 Å². The molecule has 0 aliphatic carbocycles. The average molecular weight is 428 g/mol. The first-order valence-corrected chi connectivity index (χ1v) is 9.90. The third kappa shape index (κ3) is 3.68. The summed E-state index contributed by atoms with van der Waals surface area (Å²) in [7, 11) is 0. The van der Waals surface area contributed by atoms with Crippen LogP contribution in [0.15, 0.2) is 45.8 Å². The Morgan fingerprint density at radius 2 is 1.65 bits per heavy atom. The lowest BCUT2D eigenvalue weighted by Gasteiger charge is -2.39. The van der Waals surface area contributed by atoms with Gasteiger partial charge in [-0.3, -0.25) is 4.79 Å². The SMILES string of the molecule is Cc1c(OC2OC(C)C(O)C(O)C2O)cc2occ(-c3ccc(O)cc3)c(=O)c2c1C. The second-order valence-electron chi connectivity index (χ2n) is 7.82. The maximum absolute atomic E-state index is 13.2. The van der Waals surface area contributed by atoms with E-state index in [1.54, 1.807) is 32.9 Å². The number of aliphatic hydroxyl groups excluding tert-OH is 3. The van der Waals surface area contributed by atoms with Crippen molar-refractivity contribution < 1.29 is 34.3 Å². The molecule has 3 aromatic rings. The molecular formula is C23H24O8. The zero-order chi connectivity index (χ0) is 22.4. The third-order valence-corrected chi connectivity index (χ3v) is 5.82. The van der Waals surface area contributed by atoms with E-state index < -0.39 is 30.7 Å². The summed E-state index contributed by atoms with van der Waals surface area (Å²) in [6, 6.07) is 7.80. The Kier molecular flexibility index (Phi) is 5.49. The van der Waals surface area contributed by atoms with E-state index >= 15 is 0 Å². The minimum atomic E-state index is -1.45. The van der Waals surface area contributed by atoms with E-state index in [-0.39, 0.29) is 11.2 Å². The fraction of sp³-hybridized carbons (Fsp3) is 0.348. The minimum absolute atomic E-state index is 0.0989. The Hall–Kier alpha value is -2.91. The summed E-state index contributed by atoms with van der Waals surface area (Å²) < 4.78 is 17.0. The van der Waals surface area contributed by atoms with Gasteiger partial charge >= 0.3 is 0 Å². The van der Waals surface area contributed by atoms with Crippen molar-refractivity contribution in [1.29, 1.82) is 0 Å². The zero-order valence-electron chi connectivity index (χ0n) is 17.3. The maximum atomic E-state index is 13.2. The van der Waals surface area contributed by atoms with Crippen LogP contribution >= 0.6 is 0 Å². The highest BCUT2D eigenvalue weighted by molar-refractivity contribution is 5.87. The van der Waals surface area contributed by atoms with Crippen LogP contribution in [0.4, 0.5) is 0 Å². The van der Waals surface area contributed by atoms with Crippen molar-refractivity contribution in [3.05, 3.63) is 57.9 Å². The number of phenolic OH excluding ortho intramolecular Hbond substituents is 1. The van der Waals surface area contributed by atoms with Gasteiger partial charge in [-0.2, -0.15) is 0 Å². The molecule has 8 heteroatoms. The van der Waals surface area contributed by atoms with Crippen LogP contribution in [0.3, 0.4) is 0 Å². The van der Waals surface area contributed by atoms with Gasteiger partial charge in [0, 0.05) is 6.07 Å². The Morgan fingerprint density at radius 3 is 2.32 bits per heavy atom. The fourth-order valence-corrected chi connectivity index (χ4v) is 3.74. The smallest absolute Gasteiger partial charge is 0.229 e. The minimum Gasteiger partial charge on any atom is -0.508 e. The molecule has 1 fully saturated rings. The lowest BCUT2D eigenvalue weighted by molar-refractivity contribution is -0.268. The summed E-state index contributed by atoms with van der Waals surface area (Å²) >= 11 is 0. The van der Waals surface area contributed by atoms with E-state index in [1.165, 1.54) is 24.5 Å². The molecule has 5 atom stereocenters. The van der Waals surface area contributed by atoms with Crippen LogP contribution in [0.2, 0.25) is 0 Å². The van der Waals surface area contributed by atoms with Gasteiger partial charge in [-0.25, -0.2) is 0 Å². The molecule has 2 heterocycles. The Balaban J connectivity index is 1.74. The van der Waals surface area contributed by atoms with Crippen LogP contribution in [-0.4, -0.2) is 51.1 Å². The number of aryl methyl sites for hydroxylation is 1. The number of benzene rings is 2. The molecule has 1 aromatic heterocycles. The molecular weight excluding hydrogens is 404 g/mol. The van der Waals surface area contributed by atoms with Crippen molar-refractivity contribution >= 4 is 11.0 Å². The first kappa shape index (κ1) is 21.3. The van der Waals surface area contributed by atoms with E-state index in [9.17, 15) is 25.2 Å². The van der Waals surface area contributed by atoms with Crippen molar-refractivity contribution in [3.8, 4) is 22.6 Å². The molecule has 31 heavy (non-hydrogen) atoms. The van der Waals surface area contributed by atoms with Crippen molar-refractivity contribution in [3.63, 3.8) is 0 Å². The summed E-state index contributed by atoms with van der Waals surface area (Å²) in [4.78, 5) is 13.2. The summed E-state index contributed by atoms with van der Waals surface area (Å²) in [5.74, 6) is 0.423. The van der Waals surface area contributed by atoms with E-state index in [0.717, 1.165) is 0 Å². The molecule has 5 unspecified atom stereocenters. The van der Waals surface area contributed by atoms with Gasteiger partial charge in [-0.15, -0.1) is 0 Å². The van der Waals surface area contributed by atoms with Crippen LogP contribution in [0.1, 0.15) is 18.1 Å². The Bertz CT molecular complexity index is 1170. The van der Waals surface area contributed by atoms with Crippen molar-refractivity contribution in [2.75, 3.05) is 0 Å². The molecule has 0 saturated carbocycles. The normalized spacial score (nSPS) is 26.2. The quantitative estimate of drug-likeness (QED) is 0.498. The summed E-state index contributed by atoms with van der Waals surface area (Å²) in [5, 5.41) is 40.0. The molecule has 0 spiro atoms. The summed E-state index contributed by atoms with van der Waals surface area (Å²) in [5.41, 5.74) is 2.34. The predicted molar refractivity (Wildman–Crippen MR) is 112 cm³/mol. The van der Waals surface area contributed by atoms with Gasteiger partial charge in [0.2, 0.25) is 11.7 Å². The molecule has 1 saturated heterocycles. The van der Waals surface area contributed by atoms with Gasteiger partial charge in [0.25, 0.3) is 0 Å². The number of phenols is 1. The molecule has 4 rings (SSSR count). The molecule has 0 bridgehead atoms. The van der Waals surface area contributed by atoms with Gasteiger partial charge in [0.15, 0.2) is 0 Å². The number of aromatic hydroxyl groups is 1. The number of fused-ring (bicyclic) bond motifs is 1.